The minimum absolute atomic E-state index is 0.0878. The van der Waals surface area contributed by atoms with E-state index in [1.54, 1.807) is 0 Å². The zero-order valence-electron chi connectivity index (χ0n) is 67.8. The lowest BCUT2D eigenvalue weighted by Crippen LogP contribution is -2.59. The van der Waals surface area contributed by atoms with Gasteiger partial charge in [0.2, 0.25) is 59.1 Å². The maximum atomic E-state index is 14.6. The Balaban J connectivity index is 7.10. The summed E-state index contributed by atoms with van der Waals surface area (Å²) in [5.41, 5.74) is 47.2. The second kappa shape index (κ2) is 72.9. The highest BCUT2D eigenvalue weighted by atomic mass is 32.2. The van der Waals surface area contributed by atoms with Crippen molar-refractivity contribution in [2.24, 2.45) is 45.9 Å². The Hall–Kier alpha value is -5.00. The molecule has 0 radical (unpaired) electrons. The average Bonchev–Trinajstić information content (AvgIpc) is 0.867. The quantitative estimate of drug-likeness (QED) is 0.0388. The number of thioether (sulfide) groups is 2. The fourth-order valence-corrected chi connectivity index (χ4v) is 14.6. The Labute approximate surface area is 669 Å². The van der Waals surface area contributed by atoms with Crippen molar-refractivity contribution in [2.75, 3.05) is 88.6 Å². The molecule has 0 aromatic carbocycles. The van der Waals surface area contributed by atoms with Gasteiger partial charge >= 0.3 is 0 Å². The third kappa shape index (κ3) is 54.7. The highest BCUT2D eigenvalue weighted by Crippen LogP contribution is 2.17. The smallest absolute Gasteiger partial charge is 0.244 e. The predicted molar refractivity (Wildman–Crippen MR) is 446 cm³/mol. The Morgan fingerprint density at radius 3 is 0.709 bits per heavy atom. The summed E-state index contributed by atoms with van der Waals surface area (Å²) in [4.78, 5) is 141. The zero-order valence-corrected chi connectivity index (χ0v) is 69.4. The molecule has 0 aromatic rings. The molecule has 0 unspecified atom stereocenters. The molecule has 0 aliphatic rings. The number of carbonyl (C=O) groups excluding carboxylic acids is 10. The molecule has 0 saturated carbocycles. The van der Waals surface area contributed by atoms with E-state index >= 15 is 0 Å². The number of nitrogens with two attached hydrogens (primary N) is 8. The fraction of sp³-hybridized carbons (Fsp3) is 0.872. The number of aliphatic hydroxyl groups is 2. The van der Waals surface area contributed by atoms with E-state index in [0.717, 1.165) is 51.4 Å². The van der Waals surface area contributed by atoms with Gasteiger partial charge in [0.1, 0.15) is 48.3 Å². The molecule has 0 bridgehead atoms. The summed E-state index contributed by atoms with van der Waals surface area (Å²) in [5, 5.41) is 48.7. The normalized spacial score (nSPS) is 14.1. The van der Waals surface area contributed by atoms with E-state index in [-0.39, 0.29) is 61.8 Å². The summed E-state index contributed by atoms with van der Waals surface area (Å²) in [6.07, 6.45) is 34.6. The minimum atomic E-state index is -1.40. The van der Waals surface area contributed by atoms with E-state index < -0.39 is 133 Å². The molecule has 0 spiro atoms. The molecule has 0 aliphatic carbocycles. The first-order valence-electron chi connectivity index (χ1n) is 42.3. The van der Waals surface area contributed by atoms with Crippen molar-refractivity contribution in [1.82, 2.24) is 53.2 Å². The molecule has 10 amide bonds. The van der Waals surface area contributed by atoms with Gasteiger partial charge in [-0.2, -0.15) is 23.5 Å². The van der Waals surface area contributed by atoms with E-state index in [4.69, 9.17) is 45.9 Å². The highest BCUT2D eigenvalue weighted by molar-refractivity contribution is 8.03. The molecular weight excluding hydrogens is 1450 g/mol. The van der Waals surface area contributed by atoms with Crippen LogP contribution in [0.15, 0.2) is 0 Å². The van der Waals surface area contributed by atoms with E-state index in [2.05, 4.69) is 67.0 Å². The van der Waals surface area contributed by atoms with Crippen molar-refractivity contribution in [3.8, 4) is 0 Å². The van der Waals surface area contributed by atoms with Crippen molar-refractivity contribution in [2.45, 2.75) is 344 Å². The van der Waals surface area contributed by atoms with Gasteiger partial charge in [0, 0.05) is 36.1 Å². The third-order valence-corrected chi connectivity index (χ3v) is 21.8. The standard InChI is InChI=1S/C78H156N18O12S2/c1-3-5-7-9-11-13-15-17-19-21-23-37-51-87-71(101)65(55-97)93-77(107)67(95-75(105)63(43-29-35-49-83)91-73(103)61(41-27-33-47-81)89-69(99)59(85)39-25-31-45-79)57-109-53-54-110-58-68(78(108)94-66(56-98)72(102)88-52-38-24-22-20-18-16-14-12-10-8-6-4-2)96-76(106)64(44-30-36-50-84)92-74(104)62(42-28-34-48-82)90-70(100)60(86)40-26-32-46-80/h59-68,97-98H,3-58,79-86H2,1-2H3,(H,87,101)(H,88,102)(H,89,99)(H,90,100)(H,91,103)(H,92,104)(H,93,107)(H,94,108)(H,95,105)(H,96,106)/t59-,60-,61-,62-,63-,64-,65-,66-,67-,68-/m0/s1. The number of hydrogen-bond acceptors (Lipinski definition) is 22. The SMILES string of the molecule is CCCCCCCCCCCCCCNC(=O)[C@H](CO)NC(=O)[C@H](CSCCSC[C@H](NC(=O)[C@H](CCCCN)NC(=O)[C@H](CCCCN)NC(=O)[C@@H](N)CCCCN)C(=O)N[C@@H](CO)C(=O)NCCCCCCCCCCCCCC)NC(=O)[C@H](CCCCN)NC(=O)[C@H](CCCCN)NC(=O)[C@@H](N)CCCCN. The van der Waals surface area contributed by atoms with Crippen LogP contribution in [-0.2, 0) is 47.9 Å². The number of aliphatic hydroxyl groups excluding tert-OH is 2. The number of hydrogen-bond donors (Lipinski definition) is 20. The summed E-state index contributed by atoms with van der Waals surface area (Å²) in [7, 11) is 0. The molecule has 0 fully saturated rings. The monoisotopic (exact) mass is 1600 g/mol. The molecule has 0 aliphatic heterocycles. The lowest BCUT2D eigenvalue weighted by molar-refractivity contribution is -0.134. The molecule has 0 saturated heterocycles. The molecule has 28 N–H and O–H groups in total. The minimum Gasteiger partial charge on any atom is -0.394 e. The Morgan fingerprint density at radius 1 is 0.255 bits per heavy atom. The van der Waals surface area contributed by atoms with Gasteiger partial charge in [0.05, 0.1) is 25.3 Å². The number of carbonyl (C=O) groups is 10. The Bertz CT molecular complexity index is 2250. The van der Waals surface area contributed by atoms with Gasteiger partial charge in [-0.1, -0.05) is 168 Å². The lowest BCUT2D eigenvalue weighted by atomic mass is 10.0. The van der Waals surface area contributed by atoms with Gasteiger partial charge in [-0.05, 0) is 155 Å². The molecule has 32 heteroatoms. The largest absolute Gasteiger partial charge is 0.394 e. The second-order valence-corrected chi connectivity index (χ2v) is 31.6. The van der Waals surface area contributed by atoms with Gasteiger partial charge in [-0.3, -0.25) is 47.9 Å². The summed E-state index contributed by atoms with van der Waals surface area (Å²) in [6.45, 7) is 5.60. The van der Waals surface area contributed by atoms with Crippen LogP contribution < -0.4 is 99.0 Å². The molecule has 0 heterocycles. The van der Waals surface area contributed by atoms with Crippen LogP contribution in [0.5, 0.6) is 0 Å². The van der Waals surface area contributed by atoms with Crippen molar-refractivity contribution >= 4 is 82.6 Å². The summed E-state index contributed by atoms with van der Waals surface area (Å²) in [5.74, 6) is -6.48. The van der Waals surface area contributed by atoms with Crippen LogP contribution in [0.2, 0.25) is 0 Å². The van der Waals surface area contributed by atoms with Gasteiger partial charge in [-0.25, -0.2) is 0 Å². The molecule has 10 atom stereocenters. The highest BCUT2D eigenvalue weighted by Gasteiger charge is 2.35. The van der Waals surface area contributed by atoms with Crippen LogP contribution in [-0.4, -0.2) is 218 Å². The average molecular weight is 1600 g/mol. The van der Waals surface area contributed by atoms with E-state index in [1.807, 2.05) is 0 Å². The number of rotatable bonds is 77. The first kappa shape index (κ1) is 105. The fourth-order valence-electron chi connectivity index (χ4n) is 12.4. The van der Waals surface area contributed by atoms with Crippen LogP contribution in [0.25, 0.3) is 0 Å². The number of amides is 10. The van der Waals surface area contributed by atoms with Crippen molar-refractivity contribution in [1.29, 1.82) is 0 Å². The van der Waals surface area contributed by atoms with Crippen LogP contribution in [0.4, 0.5) is 0 Å². The van der Waals surface area contributed by atoms with E-state index in [0.29, 0.717) is 142 Å². The van der Waals surface area contributed by atoms with E-state index in [1.165, 1.54) is 113 Å². The number of nitrogens with one attached hydrogen (secondary N) is 10. The van der Waals surface area contributed by atoms with Crippen LogP contribution in [0.3, 0.4) is 0 Å². The summed E-state index contributed by atoms with van der Waals surface area (Å²) >= 11 is 2.44. The summed E-state index contributed by atoms with van der Waals surface area (Å²) < 4.78 is 0. The van der Waals surface area contributed by atoms with Crippen molar-refractivity contribution in [3.63, 3.8) is 0 Å². The maximum absolute atomic E-state index is 14.6. The molecule has 642 valence electrons. The second-order valence-electron chi connectivity index (χ2n) is 29.3. The topological polar surface area (TPSA) is 540 Å². The Kier molecular flexibility index (Phi) is 69.6. The van der Waals surface area contributed by atoms with Gasteiger partial charge in [-0.15, -0.1) is 0 Å². The van der Waals surface area contributed by atoms with Crippen LogP contribution in [0, 0.1) is 0 Å². The molecule has 30 nitrogen and oxygen atoms in total. The van der Waals surface area contributed by atoms with Crippen molar-refractivity contribution < 1.29 is 58.2 Å². The Morgan fingerprint density at radius 2 is 0.464 bits per heavy atom. The summed E-state index contributed by atoms with van der Waals surface area (Å²) in [6, 6.07) is -12.1. The van der Waals surface area contributed by atoms with Gasteiger partial charge < -0.3 is 109 Å². The van der Waals surface area contributed by atoms with Crippen LogP contribution in [0.1, 0.15) is 284 Å². The third-order valence-electron chi connectivity index (χ3n) is 19.4. The predicted octanol–water partition coefficient (Wildman–Crippen LogP) is 3.38. The van der Waals surface area contributed by atoms with E-state index in [9.17, 15) is 58.2 Å². The van der Waals surface area contributed by atoms with Gasteiger partial charge in [0.15, 0.2) is 0 Å². The molecule has 0 aromatic heterocycles. The van der Waals surface area contributed by atoms with Crippen LogP contribution >= 0.6 is 23.5 Å². The number of unbranched alkanes of at least 4 members (excludes halogenated alkanes) is 28. The molecular formula is C78H156N18O12S2. The maximum Gasteiger partial charge on any atom is 0.244 e. The van der Waals surface area contributed by atoms with Crippen molar-refractivity contribution in [3.05, 3.63) is 0 Å². The zero-order chi connectivity index (χ0) is 81.6. The first-order valence-corrected chi connectivity index (χ1v) is 44.7. The lowest BCUT2D eigenvalue weighted by Gasteiger charge is -2.27. The molecule has 110 heavy (non-hydrogen) atoms. The molecule has 0 rings (SSSR count). The van der Waals surface area contributed by atoms with Gasteiger partial charge in [0.25, 0.3) is 0 Å². The first-order chi connectivity index (χ1) is 53.3.